The molecule has 0 radical (unpaired) electrons. The Morgan fingerprint density at radius 1 is 1.56 bits per heavy atom. The van der Waals surface area contributed by atoms with E-state index in [1.165, 1.54) is 6.07 Å². The van der Waals surface area contributed by atoms with Crippen molar-refractivity contribution in [2.75, 3.05) is 0 Å². The number of alkyl halides is 2. The quantitative estimate of drug-likeness (QED) is 0.870. The zero-order valence-corrected chi connectivity index (χ0v) is 9.06. The Kier molecular flexibility index (Phi) is 3.42. The summed E-state index contributed by atoms with van der Waals surface area (Å²) < 4.78 is 46.7. The van der Waals surface area contributed by atoms with E-state index in [1.54, 1.807) is 0 Å². The summed E-state index contributed by atoms with van der Waals surface area (Å²) in [6.45, 7) is 0. The van der Waals surface area contributed by atoms with Crippen LogP contribution in [0.5, 0.6) is 0 Å². The summed E-state index contributed by atoms with van der Waals surface area (Å²) in [7, 11) is -4.26. The van der Waals surface area contributed by atoms with Crippen LogP contribution in [0.2, 0.25) is 5.02 Å². The largest absolute Gasteiger partial charge is 0.265 e. The number of aromatic nitrogens is 1. The van der Waals surface area contributed by atoms with E-state index in [1.807, 2.05) is 0 Å². The second-order valence-electron chi connectivity index (χ2n) is 2.67. The molecule has 2 N–H and O–H groups in total. The highest BCUT2D eigenvalue weighted by Crippen LogP contribution is 2.30. The van der Waals surface area contributed by atoms with Crippen molar-refractivity contribution in [2.45, 2.75) is 11.5 Å². The van der Waals surface area contributed by atoms with Gasteiger partial charge in [-0.05, 0) is 6.07 Å². The lowest BCUT2D eigenvalue weighted by atomic mass is 10.2. The summed E-state index contributed by atoms with van der Waals surface area (Å²) in [5.74, 6) is 0. The molecule has 0 bridgehead atoms. The number of pyridine rings is 1. The van der Waals surface area contributed by atoms with Gasteiger partial charge in [-0.1, -0.05) is 11.6 Å². The number of sulfonamides is 1. The Morgan fingerprint density at radius 3 is 2.50 bits per heavy atom. The third-order valence-electron chi connectivity index (χ3n) is 1.59. The molecule has 0 amide bonds. The standard InChI is InChI=1S/C7H4ClF2N3O2S/c8-6-3(7(9)10)1-5(16(12,14)15)13-4(6)2-11/h1,7H,(H2,12,14,15). The molecule has 0 aliphatic rings. The van der Waals surface area contributed by atoms with Gasteiger partial charge in [0.1, 0.15) is 6.07 Å². The first-order valence-electron chi connectivity index (χ1n) is 3.69. The van der Waals surface area contributed by atoms with Crippen molar-refractivity contribution < 1.29 is 17.2 Å². The van der Waals surface area contributed by atoms with E-state index in [2.05, 4.69) is 4.98 Å². The highest BCUT2D eigenvalue weighted by atomic mass is 35.5. The van der Waals surface area contributed by atoms with Gasteiger partial charge in [0.25, 0.3) is 16.4 Å². The van der Waals surface area contributed by atoms with Gasteiger partial charge in [0.05, 0.1) is 5.02 Å². The fourth-order valence-electron chi connectivity index (χ4n) is 0.903. The van der Waals surface area contributed by atoms with Gasteiger partial charge in [-0.15, -0.1) is 0 Å². The molecule has 9 heteroatoms. The molecule has 0 aliphatic carbocycles. The smallest absolute Gasteiger partial charge is 0.223 e. The third-order valence-corrected chi connectivity index (χ3v) is 2.78. The van der Waals surface area contributed by atoms with E-state index in [0.717, 1.165) is 0 Å². The molecule has 0 aliphatic heterocycles. The molecule has 5 nitrogen and oxygen atoms in total. The molecule has 1 aromatic heterocycles. The van der Waals surface area contributed by atoms with Crippen molar-refractivity contribution in [3.05, 3.63) is 22.3 Å². The van der Waals surface area contributed by atoms with Gasteiger partial charge in [-0.25, -0.2) is 27.3 Å². The molecule has 1 aromatic rings. The molecule has 16 heavy (non-hydrogen) atoms. The Bertz CT molecular complexity index is 568. The van der Waals surface area contributed by atoms with E-state index in [0.29, 0.717) is 6.07 Å². The third kappa shape index (κ3) is 2.44. The minimum atomic E-state index is -4.26. The number of nitrogens with zero attached hydrogens (tertiary/aromatic N) is 2. The highest BCUT2D eigenvalue weighted by Gasteiger charge is 2.21. The van der Waals surface area contributed by atoms with Crippen LogP contribution in [0.25, 0.3) is 0 Å². The zero-order valence-electron chi connectivity index (χ0n) is 7.49. The van der Waals surface area contributed by atoms with E-state index in [4.69, 9.17) is 22.0 Å². The lowest BCUT2D eigenvalue weighted by molar-refractivity contribution is 0.151. The first-order valence-corrected chi connectivity index (χ1v) is 5.61. The molecule has 0 aromatic carbocycles. The lowest BCUT2D eigenvalue weighted by Gasteiger charge is -2.06. The number of primary sulfonamides is 1. The Hall–Kier alpha value is -1.30. The van der Waals surface area contributed by atoms with Gasteiger partial charge in [-0.3, -0.25) is 0 Å². The zero-order chi connectivity index (χ0) is 12.5. The van der Waals surface area contributed by atoms with Crippen LogP contribution in [-0.4, -0.2) is 13.4 Å². The number of hydrogen-bond donors (Lipinski definition) is 1. The van der Waals surface area contributed by atoms with Gasteiger partial charge in [0.2, 0.25) is 0 Å². The van der Waals surface area contributed by atoms with Crippen LogP contribution in [0, 0.1) is 11.3 Å². The molecule has 0 saturated heterocycles. The maximum Gasteiger partial charge on any atom is 0.265 e. The Morgan fingerprint density at radius 2 is 2.12 bits per heavy atom. The van der Waals surface area contributed by atoms with Crippen LogP contribution in [0.3, 0.4) is 0 Å². The van der Waals surface area contributed by atoms with Gasteiger partial charge in [0.15, 0.2) is 10.7 Å². The van der Waals surface area contributed by atoms with Crippen LogP contribution in [0.15, 0.2) is 11.1 Å². The van der Waals surface area contributed by atoms with E-state index >= 15 is 0 Å². The van der Waals surface area contributed by atoms with Crippen LogP contribution < -0.4 is 5.14 Å². The van der Waals surface area contributed by atoms with Crippen LogP contribution in [-0.2, 0) is 10.0 Å². The topological polar surface area (TPSA) is 96.8 Å². The van der Waals surface area contributed by atoms with Gasteiger partial charge < -0.3 is 0 Å². The van der Waals surface area contributed by atoms with Crippen molar-refractivity contribution in [2.24, 2.45) is 5.14 Å². The maximum atomic E-state index is 12.5. The molecule has 0 saturated carbocycles. The average molecular weight is 268 g/mol. The minimum Gasteiger partial charge on any atom is -0.223 e. The average Bonchev–Trinajstić information content (AvgIpc) is 2.15. The normalized spacial score (nSPS) is 11.5. The monoisotopic (exact) mass is 267 g/mol. The summed E-state index contributed by atoms with van der Waals surface area (Å²) in [6.07, 6.45) is -3.02. The van der Waals surface area contributed by atoms with Gasteiger partial charge in [0, 0.05) is 5.56 Å². The van der Waals surface area contributed by atoms with Crippen LogP contribution >= 0.6 is 11.6 Å². The van der Waals surface area contributed by atoms with Crippen LogP contribution in [0.4, 0.5) is 8.78 Å². The van der Waals surface area contributed by atoms with Crippen LogP contribution in [0.1, 0.15) is 17.7 Å². The molecule has 0 fully saturated rings. The summed E-state index contributed by atoms with van der Waals surface area (Å²) >= 11 is 5.43. The van der Waals surface area contributed by atoms with E-state index < -0.39 is 37.8 Å². The van der Waals surface area contributed by atoms with Crippen molar-refractivity contribution in [3.8, 4) is 6.07 Å². The fraction of sp³-hybridized carbons (Fsp3) is 0.143. The minimum absolute atomic E-state index is 0.545. The van der Waals surface area contributed by atoms with Gasteiger partial charge >= 0.3 is 0 Å². The number of nitriles is 1. The molecular formula is C7H4ClF2N3O2S. The SMILES string of the molecule is N#Cc1nc(S(N)(=O)=O)cc(C(F)F)c1Cl. The molecule has 1 heterocycles. The Labute approximate surface area is 94.5 Å². The fourth-order valence-corrected chi connectivity index (χ4v) is 1.63. The summed E-state index contributed by atoms with van der Waals surface area (Å²) in [5, 5.41) is 11.9. The number of nitrogens with two attached hydrogens (primary N) is 1. The van der Waals surface area contributed by atoms with Crippen molar-refractivity contribution in [1.82, 2.24) is 4.98 Å². The predicted molar refractivity (Wildman–Crippen MR) is 50.3 cm³/mol. The summed E-state index contributed by atoms with van der Waals surface area (Å²) in [5.41, 5.74) is -1.40. The van der Waals surface area contributed by atoms with Crippen molar-refractivity contribution >= 4 is 21.6 Å². The number of hydrogen-bond acceptors (Lipinski definition) is 4. The van der Waals surface area contributed by atoms with E-state index in [9.17, 15) is 17.2 Å². The highest BCUT2D eigenvalue weighted by molar-refractivity contribution is 7.89. The number of halogens is 3. The molecule has 1 rings (SSSR count). The predicted octanol–water partition coefficient (Wildman–Crippen LogP) is 1.19. The molecule has 86 valence electrons. The molecule has 0 spiro atoms. The first-order chi connectivity index (χ1) is 7.27. The second kappa shape index (κ2) is 4.29. The lowest BCUT2D eigenvalue weighted by Crippen LogP contribution is -2.15. The summed E-state index contributed by atoms with van der Waals surface area (Å²) in [6, 6.07) is 1.95. The van der Waals surface area contributed by atoms with Crippen molar-refractivity contribution in [1.29, 1.82) is 5.26 Å². The number of rotatable bonds is 2. The van der Waals surface area contributed by atoms with Gasteiger partial charge in [-0.2, -0.15) is 5.26 Å². The second-order valence-corrected chi connectivity index (χ2v) is 4.56. The van der Waals surface area contributed by atoms with Crippen molar-refractivity contribution in [3.63, 3.8) is 0 Å². The summed E-state index contributed by atoms with van der Waals surface area (Å²) in [4.78, 5) is 3.27. The molecule has 0 unspecified atom stereocenters. The Balaban J connectivity index is 3.61. The first kappa shape index (κ1) is 12.8. The van der Waals surface area contributed by atoms with E-state index in [-0.39, 0.29) is 0 Å². The maximum absolute atomic E-state index is 12.5. The molecular weight excluding hydrogens is 264 g/mol. The molecule has 0 atom stereocenters.